The Morgan fingerprint density at radius 2 is 0.522 bits per heavy atom. The van der Waals surface area contributed by atoms with Crippen LogP contribution >= 0.6 is 0 Å². The van der Waals surface area contributed by atoms with Crippen molar-refractivity contribution in [1.29, 1.82) is 0 Å². The minimum atomic E-state index is 0.828. The van der Waals surface area contributed by atoms with Gasteiger partial charge in [0.2, 0.25) is 0 Å². The maximum Gasteiger partial charge on any atom is 0.118 e. The van der Waals surface area contributed by atoms with Crippen molar-refractivity contribution in [3.8, 4) is 23.0 Å². The first-order chi connectivity index (χ1) is 22.6. The highest BCUT2D eigenvalue weighted by Gasteiger charge is 2.08. The standard InChI is InChI=1S/C42H38O4/c1-43-37-21-7-31(8-22-37)5-17-35-19-20-36(18-6-32-9-23-38(44-2)24-10-32)42(30-16-34-13-27-40(46-4)28-14-34)41(35)29-15-33-11-25-39(45-3)26-12-33/h5-30H,1-4H3. The van der Waals surface area contributed by atoms with Crippen LogP contribution in [0, 0.1) is 0 Å². The van der Waals surface area contributed by atoms with Gasteiger partial charge in [-0.15, -0.1) is 0 Å². The first kappa shape index (κ1) is 31.7. The van der Waals surface area contributed by atoms with Gasteiger partial charge in [0.05, 0.1) is 28.4 Å². The summed E-state index contributed by atoms with van der Waals surface area (Å²) in [6.07, 6.45) is 17.2. The van der Waals surface area contributed by atoms with Crippen molar-refractivity contribution >= 4 is 48.6 Å². The lowest BCUT2D eigenvalue weighted by Gasteiger charge is -2.12. The molecule has 0 N–H and O–H groups in total. The molecule has 0 spiro atoms. The van der Waals surface area contributed by atoms with Crippen LogP contribution < -0.4 is 18.9 Å². The summed E-state index contributed by atoms with van der Waals surface area (Å²) in [5.74, 6) is 3.32. The average molecular weight is 607 g/mol. The van der Waals surface area contributed by atoms with E-state index in [1.54, 1.807) is 28.4 Å². The van der Waals surface area contributed by atoms with Gasteiger partial charge in [-0.25, -0.2) is 0 Å². The van der Waals surface area contributed by atoms with Gasteiger partial charge in [0, 0.05) is 0 Å². The van der Waals surface area contributed by atoms with Gasteiger partial charge in [-0.1, -0.05) is 109 Å². The first-order valence-corrected chi connectivity index (χ1v) is 15.0. The summed E-state index contributed by atoms with van der Waals surface area (Å²) in [7, 11) is 6.72. The molecule has 0 atom stereocenters. The van der Waals surface area contributed by atoms with Gasteiger partial charge in [0.25, 0.3) is 0 Å². The van der Waals surface area contributed by atoms with E-state index in [9.17, 15) is 0 Å². The molecule has 0 fully saturated rings. The Bertz CT molecular complexity index is 1690. The molecule has 5 rings (SSSR count). The fraction of sp³-hybridized carbons (Fsp3) is 0.0952. The molecule has 230 valence electrons. The Hall–Kier alpha value is -5.74. The number of ether oxygens (including phenoxy) is 4. The van der Waals surface area contributed by atoms with Crippen molar-refractivity contribution in [1.82, 2.24) is 0 Å². The Balaban J connectivity index is 1.62. The Kier molecular flexibility index (Phi) is 10.9. The second-order valence-electron chi connectivity index (χ2n) is 10.5. The lowest BCUT2D eigenvalue weighted by molar-refractivity contribution is 0.414. The van der Waals surface area contributed by atoms with Crippen LogP contribution in [0.4, 0.5) is 0 Å². The fourth-order valence-electron chi connectivity index (χ4n) is 4.92. The smallest absolute Gasteiger partial charge is 0.118 e. The zero-order valence-corrected chi connectivity index (χ0v) is 26.6. The highest BCUT2D eigenvalue weighted by atomic mass is 16.5. The third-order valence-electron chi connectivity index (χ3n) is 7.61. The van der Waals surface area contributed by atoms with E-state index in [0.717, 1.165) is 67.5 Å². The van der Waals surface area contributed by atoms with E-state index in [0.29, 0.717) is 0 Å². The van der Waals surface area contributed by atoms with Gasteiger partial charge < -0.3 is 18.9 Å². The van der Waals surface area contributed by atoms with Crippen molar-refractivity contribution in [3.63, 3.8) is 0 Å². The summed E-state index contributed by atoms with van der Waals surface area (Å²) in [6.45, 7) is 0. The molecular weight excluding hydrogens is 568 g/mol. The summed E-state index contributed by atoms with van der Waals surface area (Å²) in [6, 6.07) is 36.6. The van der Waals surface area contributed by atoms with Gasteiger partial charge in [0.15, 0.2) is 0 Å². The molecule has 0 saturated carbocycles. The van der Waals surface area contributed by atoms with Gasteiger partial charge in [-0.05, 0) is 93.0 Å². The van der Waals surface area contributed by atoms with Crippen LogP contribution in [-0.2, 0) is 0 Å². The van der Waals surface area contributed by atoms with E-state index in [1.807, 2.05) is 48.5 Å². The van der Waals surface area contributed by atoms with E-state index in [1.165, 1.54) is 0 Å². The zero-order chi connectivity index (χ0) is 32.1. The second-order valence-corrected chi connectivity index (χ2v) is 10.5. The van der Waals surface area contributed by atoms with E-state index in [-0.39, 0.29) is 0 Å². The third kappa shape index (κ3) is 8.46. The molecule has 0 aliphatic rings. The van der Waals surface area contributed by atoms with Crippen LogP contribution in [0.5, 0.6) is 23.0 Å². The SMILES string of the molecule is COc1ccc(C=Cc2ccc(C=Cc3ccc(OC)cc3)c(C=Cc3ccc(OC)cc3)c2C=Cc2ccc(OC)cc2)cc1. The maximum atomic E-state index is 5.37. The molecule has 4 nitrogen and oxygen atoms in total. The highest BCUT2D eigenvalue weighted by Crippen LogP contribution is 2.29. The summed E-state index contributed by atoms with van der Waals surface area (Å²) in [5, 5.41) is 0. The van der Waals surface area contributed by atoms with Crippen LogP contribution in [0.3, 0.4) is 0 Å². The molecule has 0 unspecified atom stereocenters. The minimum absolute atomic E-state index is 0.828. The normalized spacial score (nSPS) is 11.6. The van der Waals surface area contributed by atoms with E-state index in [4.69, 9.17) is 18.9 Å². The van der Waals surface area contributed by atoms with Gasteiger partial charge >= 0.3 is 0 Å². The Labute approximate surface area is 272 Å². The molecule has 0 aliphatic carbocycles. The summed E-state index contributed by atoms with van der Waals surface area (Å²) in [4.78, 5) is 0. The highest BCUT2D eigenvalue weighted by molar-refractivity contribution is 5.90. The number of hydrogen-bond acceptors (Lipinski definition) is 4. The van der Waals surface area contributed by atoms with Crippen LogP contribution in [-0.4, -0.2) is 28.4 Å². The van der Waals surface area contributed by atoms with Gasteiger partial charge in [0.1, 0.15) is 23.0 Å². The van der Waals surface area contributed by atoms with Crippen LogP contribution in [0.2, 0.25) is 0 Å². The molecule has 0 radical (unpaired) electrons. The molecule has 0 bridgehead atoms. The monoisotopic (exact) mass is 606 g/mol. The van der Waals surface area contributed by atoms with Crippen LogP contribution in [0.1, 0.15) is 44.5 Å². The summed E-state index contributed by atoms with van der Waals surface area (Å²) >= 11 is 0. The topological polar surface area (TPSA) is 36.9 Å². The van der Waals surface area contributed by atoms with Crippen molar-refractivity contribution < 1.29 is 18.9 Å². The van der Waals surface area contributed by atoms with Crippen molar-refractivity contribution in [2.24, 2.45) is 0 Å². The van der Waals surface area contributed by atoms with Gasteiger partial charge in [-0.2, -0.15) is 0 Å². The molecule has 5 aromatic carbocycles. The lowest BCUT2D eigenvalue weighted by Crippen LogP contribution is -1.92. The fourth-order valence-corrected chi connectivity index (χ4v) is 4.92. The Morgan fingerprint density at radius 1 is 0.283 bits per heavy atom. The van der Waals surface area contributed by atoms with Crippen LogP contribution in [0.25, 0.3) is 48.6 Å². The maximum absolute atomic E-state index is 5.37. The molecular formula is C42H38O4. The summed E-state index contributed by atoms with van der Waals surface area (Å²) < 4.78 is 21.4. The quantitative estimate of drug-likeness (QED) is 0.132. The van der Waals surface area contributed by atoms with E-state index >= 15 is 0 Å². The third-order valence-corrected chi connectivity index (χ3v) is 7.61. The number of methoxy groups -OCH3 is 4. The molecule has 0 aliphatic heterocycles. The summed E-state index contributed by atoms with van der Waals surface area (Å²) in [5.41, 5.74) is 8.72. The predicted octanol–water partition coefficient (Wildman–Crippen LogP) is 10.4. The van der Waals surface area contributed by atoms with E-state index in [2.05, 4.69) is 109 Å². The molecule has 0 saturated heterocycles. The minimum Gasteiger partial charge on any atom is -0.497 e. The van der Waals surface area contributed by atoms with Crippen molar-refractivity contribution in [2.45, 2.75) is 0 Å². The molecule has 0 amide bonds. The largest absolute Gasteiger partial charge is 0.497 e. The van der Waals surface area contributed by atoms with E-state index < -0.39 is 0 Å². The van der Waals surface area contributed by atoms with Crippen LogP contribution in [0.15, 0.2) is 109 Å². The molecule has 46 heavy (non-hydrogen) atoms. The molecule has 0 aromatic heterocycles. The number of rotatable bonds is 12. The second kappa shape index (κ2) is 15.8. The first-order valence-electron chi connectivity index (χ1n) is 15.0. The lowest BCUT2D eigenvalue weighted by atomic mass is 9.92. The average Bonchev–Trinajstić information content (AvgIpc) is 3.12. The van der Waals surface area contributed by atoms with Gasteiger partial charge in [-0.3, -0.25) is 0 Å². The van der Waals surface area contributed by atoms with Crippen molar-refractivity contribution in [3.05, 3.63) is 154 Å². The Morgan fingerprint density at radius 3 is 0.761 bits per heavy atom. The van der Waals surface area contributed by atoms with Crippen molar-refractivity contribution in [2.75, 3.05) is 28.4 Å². The molecule has 4 heteroatoms. The number of hydrogen-bond donors (Lipinski definition) is 0. The molecule has 0 heterocycles. The predicted molar refractivity (Wildman–Crippen MR) is 194 cm³/mol. The number of benzene rings is 5. The zero-order valence-electron chi connectivity index (χ0n) is 26.6. The molecule has 5 aromatic rings.